The predicted molar refractivity (Wildman–Crippen MR) is 75.2 cm³/mol. The van der Waals surface area contributed by atoms with Gasteiger partial charge in [-0.1, -0.05) is 27.7 Å². The molecule has 2 rings (SSSR count). The van der Waals surface area contributed by atoms with Gasteiger partial charge < -0.3 is 5.32 Å². The third kappa shape index (κ3) is 3.38. The van der Waals surface area contributed by atoms with Crippen molar-refractivity contribution in [2.24, 2.45) is 0 Å². The van der Waals surface area contributed by atoms with E-state index in [1.807, 2.05) is 6.07 Å². The molecular formula is C14H21N5. The van der Waals surface area contributed by atoms with Gasteiger partial charge in [-0.25, -0.2) is 14.6 Å². The Labute approximate surface area is 114 Å². The van der Waals surface area contributed by atoms with Crippen LogP contribution in [0.25, 0.3) is 5.82 Å². The summed E-state index contributed by atoms with van der Waals surface area (Å²) in [6, 6.07) is 4.20. The van der Waals surface area contributed by atoms with Crippen molar-refractivity contribution >= 4 is 0 Å². The van der Waals surface area contributed by atoms with Crippen molar-refractivity contribution in [2.75, 3.05) is 6.54 Å². The molecule has 2 aromatic heterocycles. The fraction of sp³-hybridized carbons (Fsp3) is 0.500. The number of aromatic nitrogens is 4. The average Bonchev–Trinajstić information content (AvgIpc) is 2.89. The zero-order chi connectivity index (χ0) is 13.9. The quantitative estimate of drug-likeness (QED) is 0.913. The van der Waals surface area contributed by atoms with Gasteiger partial charge >= 0.3 is 0 Å². The molecular weight excluding hydrogens is 238 g/mol. The summed E-state index contributed by atoms with van der Waals surface area (Å²) in [5.41, 5.74) is 2.29. The molecule has 0 amide bonds. The highest BCUT2D eigenvalue weighted by Crippen LogP contribution is 2.22. The Bertz CT molecular complexity index is 525. The van der Waals surface area contributed by atoms with Gasteiger partial charge in [0.2, 0.25) is 0 Å². The predicted octanol–water partition coefficient (Wildman–Crippen LogP) is 2.07. The largest absolute Gasteiger partial charge is 0.313 e. The minimum atomic E-state index is 0.0115. The number of pyridine rings is 1. The molecule has 0 saturated heterocycles. The van der Waals surface area contributed by atoms with Crippen molar-refractivity contribution in [3.63, 3.8) is 0 Å². The lowest BCUT2D eigenvalue weighted by molar-refractivity contribution is 0.563. The lowest BCUT2D eigenvalue weighted by Crippen LogP contribution is -2.18. The van der Waals surface area contributed by atoms with Gasteiger partial charge in [0.15, 0.2) is 5.82 Å². The first kappa shape index (κ1) is 13.7. The molecule has 5 heteroatoms. The minimum absolute atomic E-state index is 0.0115. The Kier molecular flexibility index (Phi) is 3.95. The molecule has 0 aliphatic carbocycles. The Morgan fingerprint density at radius 2 is 2.05 bits per heavy atom. The summed E-state index contributed by atoms with van der Waals surface area (Å²) in [6.07, 6.45) is 3.20. The molecule has 102 valence electrons. The van der Waals surface area contributed by atoms with E-state index in [2.05, 4.69) is 54.1 Å². The van der Waals surface area contributed by atoms with Gasteiger partial charge in [0.05, 0.1) is 0 Å². The lowest BCUT2D eigenvalue weighted by atomic mass is 9.90. The Hall–Kier alpha value is -1.75. The molecule has 19 heavy (non-hydrogen) atoms. The van der Waals surface area contributed by atoms with Crippen molar-refractivity contribution in [3.05, 3.63) is 36.0 Å². The van der Waals surface area contributed by atoms with Crippen LogP contribution in [0.2, 0.25) is 0 Å². The summed E-state index contributed by atoms with van der Waals surface area (Å²) < 4.78 is 1.70. The van der Waals surface area contributed by atoms with Crippen LogP contribution in [0.3, 0.4) is 0 Å². The van der Waals surface area contributed by atoms with Crippen molar-refractivity contribution in [1.82, 2.24) is 25.1 Å². The molecule has 2 aromatic rings. The lowest BCUT2D eigenvalue weighted by Gasteiger charge is -2.20. The zero-order valence-electron chi connectivity index (χ0n) is 12.0. The molecule has 0 bridgehead atoms. The SMILES string of the molecule is CCNCc1cc(-n2cncn2)nc(C(C)(C)C)c1. The van der Waals surface area contributed by atoms with Gasteiger partial charge in [-0.2, -0.15) is 5.10 Å². The van der Waals surface area contributed by atoms with Crippen molar-refractivity contribution in [3.8, 4) is 5.82 Å². The van der Waals surface area contributed by atoms with Crippen LogP contribution in [-0.2, 0) is 12.0 Å². The maximum absolute atomic E-state index is 4.69. The maximum Gasteiger partial charge on any atom is 0.155 e. The fourth-order valence-corrected chi connectivity index (χ4v) is 1.77. The van der Waals surface area contributed by atoms with Crippen LogP contribution in [0.4, 0.5) is 0 Å². The van der Waals surface area contributed by atoms with E-state index in [0.717, 1.165) is 24.6 Å². The molecule has 2 heterocycles. The van der Waals surface area contributed by atoms with Crippen LogP contribution in [0.15, 0.2) is 24.8 Å². The third-order valence-corrected chi connectivity index (χ3v) is 2.87. The van der Waals surface area contributed by atoms with E-state index < -0.39 is 0 Å². The van der Waals surface area contributed by atoms with E-state index in [1.54, 1.807) is 11.0 Å². The first-order chi connectivity index (χ1) is 9.00. The van der Waals surface area contributed by atoms with Gasteiger partial charge in [-0.05, 0) is 24.2 Å². The number of nitrogens with one attached hydrogen (secondary N) is 1. The molecule has 0 spiro atoms. The van der Waals surface area contributed by atoms with Crippen molar-refractivity contribution in [2.45, 2.75) is 39.7 Å². The molecule has 0 fully saturated rings. The number of hydrogen-bond acceptors (Lipinski definition) is 4. The Morgan fingerprint density at radius 3 is 2.63 bits per heavy atom. The van der Waals surface area contributed by atoms with E-state index in [-0.39, 0.29) is 5.41 Å². The van der Waals surface area contributed by atoms with Gasteiger partial charge in [0.25, 0.3) is 0 Å². The average molecular weight is 259 g/mol. The van der Waals surface area contributed by atoms with Crippen LogP contribution >= 0.6 is 0 Å². The zero-order valence-corrected chi connectivity index (χ0v) is 12.0. The third-order valence-electron chi connectivity index (χ3n) is 2.87. The van der Waals surface area contributed by atoms with E-state index in [1.165, 1.54) is 11.9 Å². The highest BCUT2D eigenvalue weighted by Gasteiger charge is 2.17. The second kappa shape index (κ2) is 5.48. The molecule has 0 radical (unpaired) electrons. The number of hydrogen-bond donors (Lipinski definition) is 1. The molecule has 0 aliphatic heterocycles. The summed E-state index contributed by atoms with van der Waals surface area (Å²) in [7, 11) is 0. The van der Waals surface area contributed by atoms with Crippen LogP contribution in [0.5, 0.6) is 0 Å². The molecule has 0 unspecified atom stereocenters. The summed E-state index contributed by atoms with van der Waals surface area (Å²) >= 11 is 0. The van der Waals surface area contributed by atoms with E-state index >= 15 is 0 Å². The van der Waals surface area contributed by atoms with Gasteiger partial charge in [-0.15, -0.1) is 0 Å². The molecule has 1 N–H and O–H groups in total. The fourth-order valence-electron chi connectivity index (χ4n) is 1.77. The molecule has 0 aliphatic rings. The summed E-state index contributed by atoms with van der Waals surface area (Å²) in [6.45, 7) is 10.4. The Morgan fingerprint density at radius 1 is 1.26 bits per heavy atom. The second-order valence-corrected chi connectivity index (χ2v) is 5.59. The smallest absolute Gasteiger partial charge is 0.155 e. The van der Waals surface area contributed by atoms with Crippen LogP contribution in [0, 0.1) is 0 Å². The second-order valence-electron chi connectivity index (χ2n) is 5.59. The molecule has 5 nitrogen and oxygen atoms in total. The molecule has 0 saturated carbocycles. The molecule has 0 aromatic carbocycles. The first-order valence-electron chi connectivity index (χ1n) is 6.58. The maximum atomic E-state index is 4.69. The monoisotopic (exact) mass is 259 g/mol. The van der Waals surface area contributed by atoms with Crippen LogP contribution in [0.1, 0.15) is 39.0 Å². The van der Waals surface area contributed by atoms with Gasteiger partial charge in [0.1, 0.15) is 12.7 Å². The van der Waals surface area contributed by atoms with Crippen molar-refractivity contribution < 1.29 is 0 Å². The minimum Gasteiger partial charge on any atom is -0.313 e. The summed E-state index contributed by atoms with van der Waals surface area (Å²) in [5, 5.41) is 7.50. The standard InChI is InChI=1S/C14H21N5/c1-5-15-8-11-6-12(14(2,3)4)18-13(7-11)19-10-16-9-17-19/h6-7,9-10,15H,5,8H2,1-4H3. The van der Waals surface area contributed by atoms with Crippen molar-refractivity contribution in [1.29, 1.82) is 0 Å². The number of rotatable bonds is 4. The van der Waals surface area contributed by atoms with E-state index in [9.17, 15) is 0 Å². The van der Waals surface area contributed by atoms with Crippen LogP contribution in [-0.4, -0.2) is 26.3 Å². The van der Waals surface area contributed by atoms with Gasteiger partial charge in [0, 0.05) is 17.7 Å². The van der Waals surface area contributed by atoms with E-state index in [4.69, 9.17) is 0 Å². The van der Waals surface area contributed by atoms with E-state index in [0.29, 0.717) is 0 Å². The normalized spacial score (nSPS) is 11.8. The van der Waals surface area contributed by atoms with Crippen LogP contribution < -0.4 is 5.32 Å². The Balaban J connectivity index is 2.43. The first-order valence-corrected chi connectivity index (χ1v) is 6.58. The van der Waals surface area contributed by atoms with Gasteiger partial charge in [-0.3, -0.25) is 0 Å². The molecule has 0 atom stereocenters. The summed E-state index contributed by atoms with van der Waals surface area (Å²) in [4.78, 5) is 8.67. The highest BCUT2D eigenvalue weighted by atomic mass is 15.3. The highest BCUT2D eigenvalue weighted by molar-refractivity contribution is 5.32. The summed E-state index contributed by atoms with van der Waals surface area (Å²) in [5.74, 6) is 0.817. The number of nitrogens with zero attached hydrogens (tertiary/aromatic N) is 4. The topological polar surface area (TPSA) is 55.6 Å².